The van der Waals surface area contributed by atoms with Crippen LogP contribution in [0.1, 0.15) is 23.7 Å². The number of nitrogens with zero attached hydrogens (tertiary/aromatic N) is 4. The van der Waals surface area contributed by atoms with E-state index in [9.17, 15) is 4.39 Å². The molecule has 2 aromatic heterocycles. The number of imidazole rings is 2. The summed E-state index contributed by atoms with van der Waals surface area (Å²) in [5.74, 6) is 0.521. The van der Waals surface area contributed by atoms with Crippen molar-refractivity contribution in [3.8, 4) is 0 Å². The van der Waals surface area contributed by atoms with Gasteiger partial charge in [0.15, 0.2) is 0 Å². The lowest BCUT2D eigenvalue weighted by Crippen LogP contribution is -2.10. The summed E-state index contributed by atoms with van der Waals surface area (Å²) in [5, 5.41) is -0.233. The topological polar surface area (TPSA) is 35.6 Å². The fourth-order valence-corrected chi connectivity index (χ4v) is 2.61. The summed E-state index contributed by atoms with van der Waals surface area (Å²) in [6.07, 6.45) is 5.43. The molecular weight excluding hydrogens is 291 g/mol. The molecule has 6 heteroatoms. The molecule has 1 aromatic carbocycles. The summed E-state index contributed by atoms with van der Waals surface area (Å²) < 4.78 is 17.8. The molecule has 0 saturated carbocycles. The molecule has 0 aliphatic carbocycles. The zero-order chi connectivity index (χ0) is 15.0. The average molecular weight is 307 g/mol. The van der Waals surface area contributed by atoms with Crippen molar-refractivity contribution in [1.29, 1.82) is 0 Å². The summed E-state index contributed by atoms with van der Waals surface area (Å²) in [5.41, 5.74) is 2.17. The SMILES string of the molecule is Cc1cc2c(cc1F)nc(C(C)Cl)n2CCn1ccnc1. The van der Waals surface area contributed by atoms with Gasteiger partial charge in [0, 0.05) is 31.5 Å². The van der Waals surface area contributed by atoms with E-state index in [-0.39, 0.29) is 11.2 Å². The molecule has 0 N–H and O–H groups in total. The molecule has 0 fully saturated rings. The maximum absolute atomic E-state index is 13.7. The fourth-order valence-electron chi connectivity index (χ4n) is 2.44. The summed E-state index contributed by atoms with van der Waals surface area (Å²) in [6, 6.07) is 3.30. The molecule has 0 aliphatic rings. The highest BCUT2D eigenvalue weighted by Crippen LogP contribution is 2.26. The van der Waals surface area contributed by atoms with Crippen LogP contribution < -0.4 is 0 Å². The first-order valence-corrected chi connectivity index (χ1v) is 7.26. The summed E-state index contributed by atoms with van der Waals surface area (Å²) in [6.45, 7) is 5.11. The van der Waals surface area contributed by atoms with Crippen molar-refractivity contribution in [2.24, 2.45) is 0 Å². The Morgan fingerprint density at radius 3 is 2.81 bits per heavy atom. The first kappa shape index (κ1) is 14.1. The van der Waals surface area contributed by atoms with Crippen molar-refractivity contribution < 1.29 is 4.39 Å². The summed E-state index contributed by atoms with van der Waals surface area (Å²) in [4.78, 5) is 8.51. The summed E-state index contributed by atoms with van der Waals surface area (Å²) >= 11 is 6.22. The van der Waals surface area contributed by atoms with Gasteiger partial charge in [0.2, 0.25) is 0 Å². The third-order valence-electron chi connectivity index (χ3n) is 3.55. The second-order valence-corrected chi connectivity index (χ2v) is 5.78. The second-order valence-electron chi connectivity index (χ2n) is 5.13. The van der Waals surface area contributed by atoms with Gasteiger partial charge in [-0.1, -0.05) is 0 Å². The van der Waals surface area contributed by atoms with Crippen LogP contribution in [0, 0.1) is 12.7 Å². The van der Waals surface area contributed by atoms with Crippen LogP contribution in [-0.2, 0) is 13.1 Å². The third kappa shape index (κ3) is 2.65. The van der Waals surface area contributed by atoms with Crippen LogP contribution in [-0.4, -0.2) is 19.1 Å². The quantitative estimate of drug-likeness (QED) is 0.689. The Balaban J connectivity index is 2.04. The Morgan fingerprint density at radius 2 is 2.14 bits per heavy atom. The molecule has 21 heavy (non-hydrogen) atoms. The fraction of sp³-hybridized carbons (Fsp3) is 0.333. The van der Waals surface area contributed by atoms with Crippen LogP contribution in [0.15, 0.2) is 30.9 Å². The van der Waals surface area contributed by atoms with Crippen LogP contribution in [0.2, 0.25) is 0 Å². The van der Waals surface area contributed by atoms with Gasteiger partial charge in [0.1, 0.15) is 11.6 Å². The van der Waals surface area contributed by atoms with E-state index >= 15 is 0 Å². The Kier molecular flexibility index (Phi) is 3.68. The maximum atomic E-state index is 13.7. The smallest absolute Gasteiger partial charge is 0.128 e. The van der Waals surface area contributed by atoms with Gasteiger partial charge in [-0.3, -0.25) is 0 Å². The van der Waals surface area contributed by atoms with Crippen molar-refractivity contribution in [1.82, 2.24) is 19.1 Å². The minimum Gasteiger partial charge on any atom is -0.336 e. The lowest BCUT2D eigenvalue weighted by Gasteiger charge is -2.11. The Labute approximate surface area is 127 Å². The third-order valence-corrected chi connectivity index (χ3v) is 3.75. The van der Waals surface area contributed by atoms with E-state index in [4.69, 9.17) is 11.6 Å². The van der Waals surface area contributed by atoms with Crippen LogP contribution >= 0.6 is 11.6 Å². The van der Waals surface area contributed by atoms with E-state index in [0.29, 0.717) is 17.6 Å². The van der Waals surface area contributed by atoms with E-state index in [2.05, 4.69) is 14.5 Å². The Morgan fingerprint density at radius 1 is 1.33 bits per heavy atom. The monoisotopic (exact) mass is 306 g/mol. The van der Waals surface area contributed by atoms with Gasteiger partial charge >= 0.3 is 0 Å². The zero-order valence-electron chi connectivity index (χ0n) is 11.9. The minimum atomic E-state index is -0.240. The lowest BCUT2D eigenvalue weighted by atomic mass is 10.2. The van der Waals surface area contributed by atoms with Crippen molar-refractivity contribution in [2.75, 3.05) is 0 Å². The molecule has 0 saturated heterocycles. The largest absolute Gasteiger partial charge is 0.336 e. The van der Waals surface area contributed by atoms with Gasteiger partial charge in [-0.2, -0.15) is 0 Å². The maximum Gasteiger partial charge on any atom is 0.128 e. The highest BCUT2D eigenvalue weighted by molar-refractivity contribution is 6.20. The van der Waals surface area contributed by atoms with Crippen LogP contribution in [0.25, 0.3) is 11.0 Å². The lowest BCUT2D eigenvalue weighted by molar-refractivity contribution is 0.569. The van der Waals surface area contributed by atoms with E-state index in [1.807, 2.05) is 23.8 Å². The van der Waals surface area contributed by atoms with Crippen LogP contribution in [0.4, 0.5) is 4.39 Å². The molecule has 3 rings (SSSR count). The molecule has 4 nitrogen and oxygen atoms in total. The normalized spacial score (nSPS) is 13.0. The number of fused-ring (bicyclic) bond motifs is 1. The predicted octanol–water partition coefficient (Wildman–Crippen LogP) is 3.68. The number of hydrogen-bond acceptors (Lipinski definition) is 2. The first-order chi connectivity index (χ1) is 10.1. The number of halogens is 2. The van der Waals surface area contributed by atoms with Crippen molar-refractivity contribution in [3.05, 3.63) is 48.1 Å². The Bertz CT molecular complexity index is 762. The number of alkyl halides is 1. The van der Waals surface area contributed by atoms with Crippen molar-refractivity contribution >= 4 is 22.6 Å². The van der Waals surface area contributed by atoms with Crippen LogP contribution in [0.3, 0.4) is 0 Å². The molecule has 0 bridgehead atoms. The number of benzene rings is 1. The molecule has 0 amide bonds. The molecular formula is C15H16ClFN4. The highest BCUT2D eigenvalue weighted by Gasteiger charge is 2.16. The minimum absolute atomic E-state index is 0.233. The number of aromatic nitrogens is 4. The Hall–Kier alpha value is -1.88. The van der Waals surface area contributed by atoms with Gasteiger partial charge < -0.3 is 9.13 Å². The van der Waals surface area contributed by atoms with Gasteiger partial charge in [-0.15, -0.1) is 11.6 Å². The molecule has 0 spiro atoms. The highest BCUT2D eigenvalue weighted by atomic mass is 35.5. The number of aryl methyl sites for hydroxylation is 3. The van der Waals surface area contributed by atoms with Crippen LogP contribution in [0.5, 0.6) is 0 Å². The second kappa shape index (κ2) is 5.48. The zero-order valence-corrected chi connectivity index (χ0v) is 12.7. The van der Waals surface area contributed by atoms with Gasteiger partial charge in [-0.05, 0) is 25.5 Å². The molecule has 0 aliphatic heterocycles. The van der Waals surface area contributed by atoms with E-state index in [1.54, 1.807) is 19.4 Å². The van der Waals surface area contributed by atoms with Crippen molar-refractivity contribution in [2.45, 2.75) is 32.3 Å². The molecule has 3 aromatic rings. The van der Waals surface area contributed by atoms with Gasteiger partial charge in [-0.25, -0.2) is 14.4 Å². The average Bonchev–Trinajstić information content (AvgIpc) is 3.05. The number of rotatable bonds is 4. The summed E-state index contributed by atoms with van der Waals surface area (Å²) in [7, 11) is 0. The van der Waals surface area contributed by atoms with Crippen molar-refractivity contribution in [3.63, 3.8) is 0 Å². The molecule has 0 radical (unpaired) electrons. The standard InChI is InChI=1S/C15H16ClFN4/c1-10-7-14-13(8-12(10)17)19-15(11(2)16)21(14)6-5-20-4-3-18-9-20/h3-4,7-9,11H,5-6H2,1-2H3. The molecule has 2 heterocycles. The predicted molar refractivity (Wildman–Crippen MR) is 80.9 cm³/mol. The molecule has 110 valence electrons. The van der Waals surface area contributed by atoms with E-state index < -0.39 is 0 Å². The molecule has 1 atom stereocenters. The van der Waals surface area contributed by atoms with E-state index in [0.717, 1.165) is 17.9 Å². The van der Waals surface area contributed by atoms with E-state index in [1.165, 1.54) is 6.07 Å². The molecule has 1 unspecified atom stereocenters. The van der Waals surface area contributed by atoms with Gasteiger partial charge in [0.25, 0.3) is 0 Å². The van der Waals surface area contributed by atoms with Gasteiger partial charge in [0.05, 0.1) is 22.7 Å². The first-order valence-electron chi connectivity index (χ1n) is 6.82. The number of hydrogen-bond donors (Lipinski definition) is 0.